The number of anilines is 1. The zero-order valence-corrected chi connectivity index (χ0v) is 14.6. The number of hydrogen-bond donors (Lipinski definition) is 1. The quantitative estimate of drug-likeness (QED) is 0.881. The average Bonchev–Trinajstić information content (AvgIpc) is 3.03. The molecule has 8 heteroatoms. The van der Waals surface area contributed by atoms with Crippen molar-refractivity contribution in [2.45, 2.75) is 52.3 Å². The lowest BCUT2D eigenvalue weighted by molar-refractivity contribution is -0.116. The van der Waals surface area contributed by atoms with Gasteiger partial charge >= 0.3 is 0 Å². The Hall–Kier alpha value is -2.48. The highest BCUT2D eigenvalue weighted by molar-refractivity contribution is 5.90. The lowest BCUT2D eigenvalue weighted by Gasteiger charge is -2.22. The van der Waals surface area contributed by atoms with Crippen molar-refractivity contribution in [2.24, 2.45) is 0 Å². The third-order valence-electron chi connectivity index (χ3n) is 4.41. The minimum Gasteiger partial charge on any atom is -0.376 e. The van der Waals surface area contributed by atoms with E-state index < -0.39 is 0 Å². The summed E-state index contributed by atoms with van der Waals surface area (Å²) < 4.78 is 8.77. The Kier molecular flexibility index (Phi) is 5.28. The molecule has 8 nitrogen and oxygen atoms in total. The monoisotopic (exact) mass is 345 g/mol. The Morgan fingerprint density at radius 1 is 1.40 bits per heavy atom. The standard InChI is InChI=1S/C17H23N5O3/c1-12-13(2)18-11-21(17(12)24)10-16(23)20-14-7-19-22(8-14)9-15-5-3-4-6-25-15/h7-8,11,15H,3-6,9-10H2,1-2H3,(H,20,23)/t15-/m1/s1. The summed E-state index contributed by atoms with van der Waals surface area (Å²) in [6.07, 6.45) is 8.27. The second kappa shape index (κ2) is 7.60. The molecule has 25 heavy (non-hydrogen) atoms. The minimum atomic E-state index is -0.291. The maximum absolute atomic E-state index is 12.2. The summed E-state index contributed by atoms with van der Waals surface area (Å²) in [5.41, 5.74) is 1.63. The zero-order valence-electron chi connectivity index (χ0n) is 14.6. The van der Waals surface area contributed by atoms with Gasteiger partial charge in [0.05, 0.1) is 30.9 Å². The van der Waals surface area contributed by atoms with Crippen LogP contribution < -0.4 is 10.9 Å². The molecule has 3 rings (SSSR count). The molecule has 134 valence electrons. The Morgan fingerprint density at radius 3 is 3.00 bits per heavy atom. The van der Waals surface area contributed by atoms with E-state index in [1.54, 1.807) is 30.9 Å². The SMILES string of the molecule is Cc1ncn(CC(=O)Nc2cnn(C[C@H]3CCCCO3)c2)c(=O)c1C. The van der Waals surface area contributed by atoms with Gasteiger partial charge in [-0.2, -0.15) is 5.10 Å². The molecule has 0 aliphatic carbocycles. The van der Waals surface area contributed by atoms with Crippen LogP contribution in [0.3, 0.4) is 0 Å². The maximum atomic E-state index is 12.2. The second-order valence-electron chi connectivity index (χ2n) is 6.38. The first kappa shape index (κ1) is 17.3. The van der Waals surface area contributed by atoms with Crippen molar-refractivity contribution in [3.8, 4) is 0 Å². The van der Waals surface area contributed by atoms with Crippen LogP contribution in [-0.2, 0) is 22.6 Å². The second-order valence-corrected chi connectivity index (χ2v) is 6.38. The molecule has 0 aromatic carbocycles. The van der Waals surface area contributed by atoms with Gasteiger partial charge in [-0.05, 0) is 33.1 Å². The van der Waals surface area contributed by atoms with Crippen molar-refractivity contribution in [2.75, 3.05) is 11.9 Å². The van der Waals surface area contributed by atoms with E-state index in [0.717, 1.165) is 19.4 Å². The summed E-state index contributed by atoms with van der Waals surface area (Å²) in [7, 11) is 0. The number of rotatable bonds is 5. The Balaban J connectivity index is 1.58. The molecule has 1 aliphatic rings. The molecule has 2 aromatic rings. The van der Waals surface area contributed by atoms with Crippen LogP contribution in [0.2, 0.25) is 0 Å². The number of carbonyl (C=O) groups excluding carboxylic acids is 1. The molecule has 1 saturated heterocycles. The van der Waals surface area contributed by atoms with Gasteiger partial charge in [-0.15, -0.1) is 0 Å². The molecule has 0 unspecified atom stereocenters. The minimum absolute atomic E-state index is 0.0795. The van der Waals surface area contributed by atoms with Gasteiger partial charge in [0, 0.05) is 24.1 Å². The summed E-state index contributed by atoms with van der Waals surface area (Å²) in [5, 5.41) is 7.01. The average molecular weight is 345 g/mol. The van der Waals surface area contributed by atoms with E-state index in [-0.39, 0.29) is 24.1 Å². The highest BCUT2D eigenvalue weighted by Crippen LogP contribution is 2.15. The maximum Gasteiger partial charge on any atom is 0.256 e. The van der Waals surface area contributed by atoms with Gasteiger partial charge in [0.25, 0.3) is 5.56 Å². The van der Waals surface area contributed by atoms with Gasteiger partial charge in [0.15, 0.2) is 0 Å². The Labute approximate surface area is 145 Å². The third-order valence-corrected chi connectivity index (χ3v) is 4.41. The van der Waals surface area contributed by atoms with Gasteiger partial charge in [0.2, 0.25) is 5.91 Å². The fourth-order valence-electron chi connectivity index (χ4n) is 2.83. The van der Waals surface area contributed by atoms with Gasteiger partial charge < -0.3 is 10.1 Å². The molecule has 1 fully saturated rings. The van der Waals surface area contributed by atoms with Gasteiger partial charge in [-0.1, -0.05) is 0 Å². The lowest BCUT2D eigenvalue weighted by atomic mass is 10.1. The fraction of sp³-hybridized carbons (Fsp3) is 0.529. The van der Waals surface area contributed by atoms with Crippen molar-refractivity contribution in [3.05, 3.63) is 40.3 Å². The van der Waals surface area contributed by atoms with Gasteiger partial charge in [0.1, 0.15) is 6.54 Å². The molecule has 1 atom stereocenters. The number of nitrogens with one attached hydrogen (secondary N) is 1. The largest absolute Gasteiger partial charge is 0.376 e. The number of ether oxygens (including phenoxy) is 1. The van der Waals surface area contributed by atoms with Crippen LogP contribution in [0.5, 0.6) is 0 Å². The highest BCUT2D eigenvalue weighted by Gasteiger charge is 2.15. The van der Waals surface area contributed by atoms with E-state index in [4.69, 9.17) is 4.74 Å². The molecular weight excluding hydrogens is 322 g/mol. The highest BCUT2D eigenvalue weighted by atomic mass is 16.5. The van der Waals surface area contributed by atoms with Crippen LogP contribution in [-0.4, -0.2) is 37.9 Å². The number of aromatic nitrogens is 4. The first-order valence-corrected chi connectivity index (χ1v) is 8.49. The van der Waals surface area contributed by atoms with Crippen molar-refractivity contribution >= 4 is 11.6 Å². The Morgan fingerprint density at radius 2 is 2.24 bits per heavy atom. The van der Waals surface area contributed by atoms with E-state index in [9.17, 15) is 9.59 Å². The molecule has 0 spiro atoms. The van der Waals surface area contributed by atoms with Crippen LogP contribution >= 0.6 is 0 Å². The molecule has 3 heterocycles. The van der Waals surface area contributed by atoms with E-state index in [1.165, 1.54) is 17.3 Å². The predicted octanol–water partition coefficient (Wildman–Crippen LogP) is 1.26. The third kappa shape index (κ3) is 4.33. The van der Waals surface area contributed by atoms with Gasteiger partial charge in [-0.3, -0.25) is 18.8 Å². The van der Waals surface area contributed by atoms with E-state index >= 15 is 0 Å². The lowest BCUT2D eigenvalue weighted by Crippen LogP contribution is -2.29. The molecule has 0 bridgehead atoms. The van der Waals surface area contributed by atoms with Crippen LogP contribution in [0.15, 0.2) is 23.5 Å². The number of nitrogens with zero attached hydrogens (tertiary/aromatic N) is 4. The first-order valence-electron chi connectivity index (χ1n) is 8.49. The van der Waals surface area contributed by atoms with E-state index in [1.807, 2.05) is 0 Å². The first-order chi connectivity index (χ1) is 12.0. The number of amides is 1. The van der Waals surface area contributed by atoms with Crippen molar-refractivity contribution in [3.63, 3.8) is 0 Å². The molecular formula is C17H23N5O3. The van der Waals surface area contributed by atoms with E-state index in [0.29, 0.717) is 23.5 Å². The van der Waals surface area contributed by atoms with Crippen LogP contribution in [0, 0.1) is 13.8 Å². The molecule has 1 N–H and O–H groups in total. The number of carbonyl (C=O) groups is 1. The van der Waals surface area contributed by atoms with Gasteiger partial charge in [-0.25, -0.2) is 4.98 Å². The smallest absolute Gasteiger partial charge is 0.256 e. The molecule has 1 amide bonds. The summed E-state index contributed by atoms with van der Waals surface area (Å²) in [5.74, 6) is -0.291. The molecule has 1 aliphatic heterocycles. The van der Waals surface area contributed by atoms with E-state index in [2.05, 4.69) is 15.4 Å². The van der Waals surface area contributed by atoms with Crippen LogP contribution in [0.25, 0.3) is 0 Å². The Bertz CT molecular complexity index is 805. The normalized spacial score (nSPS) is 17.4. The molecule has 0 saturated carbocycles. The summed E-state index contributed by atoms with van der Waals surface area (Å²) in [6, 6.07) is 0. The summed E-state index contributed by atoms with van der Waals surface area (Å²) in [6.45, 7) is 4.87. The van der Waals surface area contributed by atoms with Crippen LogP contribution in [0.1, 0.15) is 30.5 Å². The molecule has 0 radical (unpaired) electrons. The fourth-order valence-corrected chi connectivity index (χ4v) is 2.83. The van der Waals surface area contributed by atoms with Crippen molar-refractivity contribution < 1.29 is 9.53 Å². The van der Waals surface area contributed by atoms with Crippen molar-refractivity contribution in [1.82, 2.24) is 19.3 Å². The van der Waals surface area contributed by atoms with Crippen molar-refractivity contribution in [1.29, 1.82) is 0 Å². The predicted molar refractivity (Wildman–Crippen MR) is 92.4 cm³/mol. The summed E-state index contributed by atoms with van der Waals surface area (Å²) in [4.78, 5) is 28.4. The summed E-state index contributed by atoms with van der Waals surface area (Å²) >= 11 is 0. The number of hydrogen-bond acceptors (Lipinski definition) is 5. The topological polar surface area (TPSA) is 91.0 Å². The zero-order chi connectivity index (χ0) is 17.8. The molecule has 2 aromatic heterocycles. The number of aryl methyl sites for hydroxylation is 1. The van der Waals surface area contributed by atoms with Crippen LogP contribution in [0.4, 0.5) is 5.69 Å².